The number of nitrogens with one attached hydrogen (secondary N) is 1. The van der Waals surface area contributed by atoms with Crippen molar-refractivity contribution in [1.82, 2.24) is 9.88 Å². The zero-order valence-electron chi connectivity index (χ0n) is 13.4. The van der Waals surface area contributed by atoms with Gasteiger partial charge in [-0.2, -0.15) is 0 Å². The number of rotatable bonds is 6. The number of carbonyl (C=O) groups is 1. The highest BCUT2D eigenvalue weighted by Crippen LogP contribution is 2.21. The summed E-state index contributed by atoms with van der Waals surface area (Å²) >= 11 is 0. The van der Waals surface area contributed by atoms with Crippen molar-refractivity contribution in [3.8, 4) is 5.75 Å². The Labute approximate surface area is 134 Å². The second-order valence-electron chi connectivity index (χ2n) is 5.05. The molecule has 1 amide bonds. The molecule has 1 heterocycles. The Balaban J connectivity index is 2.09. The van der Waals surface area contributed by atoms with Gasteiger partial charge in [0.1, 0.15) is 11.3 Å². The molecular formula is C17H20N2O4. The van der Waals surface area contributed by atoms with Crippen molar-refractivity contribution < 1.29 is 14.3 Å². The van der Waals surface area contributed by atoms with Crippen LogP contribution in [0.5, 0.6) is 5.75 Å². The molecule has 1 atom stereocenters. The number of hydrogen-bond acceptors (Lipinski definition) is 4. The molecule has 6 heteroatoms. The van der Waals surface area contributed by atoms with Gasteiger partial charge in [0.25, 0.3) is 11.5 Å². The number of benzene rings is 1. The fourth-order valence-electron chi connectivity index (χ4n) is 2.23. The number of hydrogen-bond donors (Lipinski definition) is 1. The highest BCUT2D eigenvalue weighted by Gasteiger charge is 2.15. The molecule has 0 bridgehead atoms. The van der Waals surface area contributed by atoms with E-state index in [1.54, 1.807) is 33.5 Å². The topological polar surface area (TPSA) is 69.6 Å². The Hall–Kier alpha value is -2.60. The summed E-state index contributed by atoms with van der Waals surface area (Å²) in [5.74, 6) is 0.295. The van der Waals surface area contributed by atoms with Crippen molar-refractivity contribution in [3.05, 3.63) is 64.1 Å². The van der Waals surface area contributed by atoms with Gasteiger partial charge >= 0.3 is 0 Å². The second-order valence-corrected chi connectivity index (χ2v) is 5.05. The van der Waals surface area contributed by atoms with E-state index in [0.717, 1.165) is 5.56 Å². The first-order chi connectivity index (χ1) is 11.1. The van der Waals surface area contributed by atoms with Crippen LogP contribution in [0.3, 0.4) is 0 Å². The second kappa shape index (κ2) is 7.60. The van der Waals surface area contributed by atoms with Crippen molar-refractivity contribution in [1.29, 1.82) is 0 Å². The van der Waals surface area contributed by atoms with Gasteiger partial charge in [-0.05, 0) is 29.8 Å². The fourth-order valence-corrected chi connectivity index (χ4v) is 2.23. The van der Waals surface area contributed by atoms with Crippen LogP contribution < -0.4 is 15.6 Å². The molecule has 1 aromatic heterocycles. The predicted octanol–water partition coefficient (Wildman–Crippen LogP) is 1.51. The molecule has 1 unspecified atom stereocenters. The van der Waals surface area contributed by atoms with E-state index in [1.165, 1.54) is 10.6 Å². The zero-order valence-corrected chi connectivity index (χ0v) is 13.4. The van der Waals surface area contributed by atoms with Crippen molar-refractivity contribution in [2.24, 2.45) is 7.05 Å². The van der Waals surface area contributed by atoms with Crippen molar-refractivity contribution in [2.45, 2.75) is 6.10 Å². The molecule has 0 aliphatic rings. The van der Waals surface area contributed by atoms with Crippen LogP contribution in [0.1, 0.15) is 22.0 Å². The molecule has 0 saturated carbocycles. The van der Waals surface area contributed by atoms with Gasteiger partial charge in [0.05, 0.1) is 13.2 Å². The molecule has 0 radical (unpaired) electrons. The maximum absolute atomic E-state index is 12.2. The van der Waals surface area contributed by atoms with Gasteiger partial charge in [-0.1, -0.05) is 12.1 Å². The summed E-state index contributed by atoms with van der Waals surface area (Å²) < 4.78 is 12.0. The summed E-state index contributed by atoms with van der Waals surface area (Å²) in [7, 11) is 4.76. The van der Waals surface area contributed by atoms with E-state index >= 15 is 0 Å². The van der Waals surface area contributed by atoms with Gasteiger partial charge in [-0.25, -0.2) is 0 Å². The van der Waals surface area contributed by atoms with Crippen molar-refractivity contribution >= 4 is 5.91 Å². The maximum Gasteiger partial charge on any atom is 0.263 e. The molecule has 122 valence electrons. The number of nitrogens with zero attached hydrogens (tertiary/aromatic N) is 1. The first-order valence-electron chi connectivity index (χ1n) is 7.17. The van der Waals surface area contributed by atoms with Crippen LogP contribution in [-0.2, 0) is 11.8 Å². The van der Waals surface area contributed by atoms with E-state index in [4.69, 9.17) is 9.47 Å². The van der Waals surface area contributed by atoms with Crippen molar-refractivity contribution in [3.63, 3.8) is 0 Å². The van der Waals surface area contributed by atoms with E-state index < -0.39 is 5.91 Å². The lowest BCUT2D eigenvalue weighted by Gasteiger charge is -2.17. The molecule has 23 heavy (non-hydrogen) atoms. The quantitative estimate of drug-likeness (QED) is 0.877. The predicted molar refractivity (Wildman–Crippen MR) is 86.8 cm³/mol. The number of carbonyl (C=O) groups excluding carboxylic acids is 1. The summed E-state index contributed by atoms with van der Waals surface area (Å²) in [6.07, 6.45) is 1.27. The molecule has 0 saturated heterocycles. The summed E-state index contributed by atoms with van der Waals surface area (Å²) in [6.45, 7) is 0.251. The molecule has 0 fully saturated rings. The number of methoxy groups -OCH3 is 2. The van der Waals surface area contributed by atoms with Crippen LogP contribution in [0.2, 0.25) is 0 Å². The lowest BCUT2D eigenvalue weighted by Crippen LogP contribution is -2.34. The Kier molecular flexibility index (Phi) is 5.54. The number of amides is 1. The van der Waals surface area contributed by atoms with Gasteiger partial charge < -0.3 is 19.4 Å². The van der Waals surface area contributed by atoms with E-state index in [-0.39, 0.29) is 23.8 Å². The molecule has 0 aliphatic heterocycles. The third kappa shape index (κ3) is 3.98. The minimum Gasteiger partial charge on any atom is -0.497 e. The average molecular weight is 316 g/mol. The van der Waals surface area contributed by atoms with Gasteiger partial charge in [0, 0.05) is 26.9 Å². The monoisotopic (exact) mass is 316 g/mol. The van der Waals surface area contributed by atoms with E-state index in [9.17, 15) is 9.59 Å². The highest BCUT2D eigenvalue weighted by atomic mass is 16.5. The summed E-state index contributed by atoms with van der Waals surface area (Å²) in [5.41, 5.74) is 0.656. The first-order valence-corrected chi connectivity index (χ1v) is 7.17. The Bertz CT molecular complexity index is 739. The van der Waals surface area contributed by atoms with Crippen LogP contribution in [0.25, 0.3) is 0 Å². The molecular weight excluding hydrogens is 296 g/mol. The number of aromatic nitrogens is 1. The first kappa shape index (κ1) is 16.8. The summed E-state index contributed by atoms with van der Waals surface area (Å²) in [4.78, 5) is 24.1. The van der Waals surface area contributed by atoms with Crippen LogP contribution in [0.4, 0.5) is 0 Å². The lowest BCUT2D eigenvalue weighted by atomic mass is 10.1. The fraction of sp³-hybridized carbons (Fsp3) is 0.294. The van der Waals surface area contributed by atoms with Gasteiger partial charge in [0.15, 0.2) is 0 Å². The normalized spacial score (nSPS) is 11.8. The van der Waals surface area contributed by atoms with Gasteiger partial charge in [-0.15, -0.1) is 0 Å². The molecule has 0 spiro atoms. The Morgan fingerprint density at radius 3 is 2.74 bits per heavy atom. The molecule has 1 aromatic carbocycles. The minimum atomic E-state index is -0.420. The van der Waals surface area contributed by atoms with Gasteiger partial charge in [-0.3, -0.25) is 9.59 Å². The zero-order chi connectivity index (χ0) is 16.8. The summed E-state index contributed by atoms with van der Waals surface area (Å²) in [6, 6.07) is 10.6. The Morgan fingerprint density at radius 1 is 1.26 bits per heavy atom. The lowest BCUT2D eigenvalue weighted by molar-refractivity contribution is 0.0826. The molecule has 6 nitrogen and oxygen atoms in total. The van der Waals surface area contributed by atoms with E-state index in [1.807, 2.05) is 24.3 Å². The van der Waals surface area contributed by atoms with Crippen LogP contribution in [-0.4, -0.2) is 31.2 Å². The maximum atomic E-state index is 12.2. The minimum absolute atomic E-state index is 0.107. The summed E-state index contributed by atoms with van der Waals surface area (Å²) in [5, 5.41) is 2.74. The third-order valence-corrected chi connectivity index (χ3v) is 3.57. The standard InChI is InChI=1S/C17H20N2O4/c1-19-9-5-8-14(17(19)21)16(20)18-11-15(23-3)12-6-4-7-13(10-12)22-2/h4-10,15H,11H2,1-3H3,(H,18,20). The van der Waals surface area contributed by atoms with Crippen LogP contribution in [0.15, 0.2) is 47.4 Å². The third-order valence-electron chi connectivity index (χ3n) is 3.57. The molecule has 2 aromatic rings. The SMILES string of the molecule is COc1cccc(C(CNC(=O)c2cccn(C)c2=O)OC)c1. The van der Waals surface area contributed by atoms with E-state index in [0.29, 0.717) is 5.75 Å². The molecule has 1 N–H and O–H groups in total. The Morgan fingerprint density at radius 2 is 2.04 bits per heavy atom. The molecule has 0 aliphatic carbocycles. The average Bonchev–Trinajstić information content (AvgIpc) is 2.58. The van der Waals surface area contributed by atoms with Crippen molar-refractivity contribution in [2.75, 3.05) is 20.8 Å². The number of aryl methyl sites for hydroxylation is 1. The molecule has 2 rings (SSSR count). The van der Waals surface area contributed by atoms with Crippen LogP contribution in [0, 0.1) is 0 Å². The van der Waals surface area contributed by atoms with Gasteiger partial charge in [0.2, 0.25) is 0 Å². The van der Waals surface area contributed by atoms with Crippen LogP contribution >= 0.6 is 0 Å². The highest BCUT2D eigenvalue weighted by molar-refractivity contribution is 5.93. The largest absolute Gasteiger partial charge is 0.497 e. The van der Waals surface area contributed by atoms with E-state index in [2.05, 4.69) is 5.32 Å². The number of ether oxygens (including phenoxy) is 2. The smallest absolute Gasteiger partial charge is 0.263 e. The number of pyridine rings is 1.